The van der Waals surface area contributed by atoms with Crippen molar-refractivity contribution >= 4 is 44.2 Å². The first-order chi connectivity index (χ1) is 16.3. The molecule has 0 atom stereocenters. The Bertz CT molecular complexity index is 1410. The molecule has 33 heavy (non-hydrogen) atoms. The van der Waals surface area contributed by atoms with Crippen LogP contribution in [-0.2, 0) is 12.8 Å². The summed E-state index contributed by atoms with van der Waals surface area (Å²) in [6.45, 7) is 0. The van der Waals surface area contributed by atoms with Gasteiger partial charge in [0.1, 0.15) is 11.5 Å². The molecule has 0 N–H and O–H groups in total. The van der Waals surface area contributed by atoms with Crippen LogP contribution in [0.15, 0.2) is 108 Å². The Balaban J connectivity index is 1.54. The van der Waals surface area contributed by atoms with Gasteiger partial charge >= 0.3 is 0 Å². The first kappa shape index (κ1) is 20.2. The summed E-state index contributed by atoms with van der Waals surface area (Å²) < 4.78 is 6.97. The van der Waals surface area contributed by atoms with Crippen molar-refractivity contribution in [1.29, 1.82) is 0 Å². The van der Waals surface area contributed by atoms with Gasteiger partial charge in [-0.25, -0.2) is 0 Å². The van der Waals surface area contributed by atoms with Gasteiger partial charge in [0, 0.05) is 44.5 Å². The number of hydrogen-bond donors (Lipinski definition) is 0. The largest absolute Gasteiger partial charge is 0.455 e. The van der Waals surface area contributed by atoms with Crippen molar-refractivity contribution in [3.8, 4) is 11.5 Å². The summed E-state index contributed by atoms with van der Waals surface area (Å²) in [6.07, 6.45) is 1.73. The highest BCUT2D eigenvalue weighted by molar-refractivity contribution is 7.10. The Morgan fingerprint density at radius 3 is 1.42 bits per heavy atom. The standard InChI is InChI=1S/C30H22OS2/c1-3-11-27-21(7-1)13-15-23(19-25-9-5-17-32-25)29(27)31-30-24(20-26-10-6-18-33-26)16-14-22-8-2-4-12-28(22)30/h1-18H,19-20H2. The van der Waals surface area contributed by atoms with Crippen molar-refractivity contribution in [3.05, 3.63) is 129 Å². The van der Waals surface area contributed by atoms with E-state index in [1.807, 2.05) is 0 Å². The van der Waals surface area contributed by atoms with Gasteiger partial charge in [-0.3, -0.25) is 0 Å². The fourth-order valence-corrected chi connectivity index (χ4v) is 5.86. The second kappa shape index (κ2) is 8.86. The monoisotopic (exact) mass is 462 g/mol. The van der Waals surface area contributed by atoms with Crippen LogP contribution in [0.5, 0.6) is 11.5 Å². The van der Waals surface area contributed by atoms with E-state index in [1.54, 1.807) is 22.7 Å². The predicted molar refractivity (Wildman–Crippen MR) is 142 cm³/mol. The zero-order chi connectivity index (χ0) is 22.0. The third kappa shape index (κ3) is 4.06. The number of benzene rings is 4. The minimum atomic E-state index is 0.864. The summed E-state index contributed by atoms with van der Waals surface area (Å²) in [4.78, 5) is 2.68. The van der Waals surface area contributed by atoms with Crippen molar-refractivity contribution in [3.63, 3.8) is 0 Å². The van der Waals surface area contributed by atoms with Gasteiger partial charge in [0.2, 0.25) is 0 Å². The fourth-order valence-electron chi connectivity index (χ4n) is 4.40. The van der Waals surface area contributed by atoms with E-state index in [-0.39, 0.29) is 0 Å². The smallest absolute Gasteiger partial charge is 0.138 e. The minimum Gasteiger partial charge on any atom is -0.455 e. The topological polar surface area (TPSA) is 9.23 Å². The Kier molecular flexibility index (Phi) is 5.43. The third-order valence-electron chi connectivity index (χ3n) is 6.02. The maximum atomic E-state index is 6.97. The molecule has 6 aromatic rings. The van der Waals surface area contributed by atoms with E-state index in [9.17, 15) is 0 Å². The van der Waals surface area contributed by atoms with E-state index in [1.165, 1.54) is 31.7 Å². The van der Waals surface area contributed by atoms with Crippen molar-refractivity contribution in [2.45, 2.75) is 12.8 Å². The first-order valence-electron chi connectivity index (χ1n) is 11.1. The van der Waals surface area contributed by atoms with Crippen LogP contribution in [0.1, 0.15) is 20.9 Å². The lowest BCUT2D eigenvalue weighted by Gasteiger charge is -2.18. The molecule has 0 saturated carbocycles. The van der Waals surface area contributed by atoms with Crippen LogP contribution < -0.4 is 4.74 Å². The van der Waals surface area contributed by atoms with Crippen LogP contribution in [0.2, 0.25) is 0 Å². The van der Waals surface area contributed by atoms with Gasteiger partial charge in [0.05, 0.1) is 0 Å². The van der Waals surface area contributed by atoms with E-state index in [0.717, 1.165) is 35.1 Å². The highest BCUT2D eigenvalue weighted by Crippen LogP contribution is 2.40. The lowest BCUT2D eigenvalue weighted by molar-refractivity contribution is 0.484. The van der Waals surface area contributed by atoms with E-state index in [4.69, 9.17) is 4.74 Å². The lowest BCUT2D eigenvalue weighted by atomic mass is 10.0. The second-order valence-electron chi connectivity index (χ2n) is 8.16. The highest BCUT2D eigenvalue weighted by Gasteiger charge is 2.16. The highest BCUT2D eigenvalue weighted by atomic mass is 32.1. The normalized spacial score (nSPS) is 11.3. The van der Waals surface area contributed by atoms with E-state index < -0.39 is 0 Å². The molecular weight excluding hydrogens is 440 g/mol. The minimum absolute atomic E-state index is 0.864. The zero-order valence-electron chi connectivity index (χ0n) is 18.0. The van der Waals surface area contributed by atoms with Crippen LogP contribution in [0.4, 0.5) is 0 Å². The van der Waals surface area contributed by atoms with Crippen molar-refractivity contribution in [1.82, 2.24) is 0 Å². The van der Waals surface area contributed by atoms with E-state index in [0.29, 0.717) is 0 Å². The zero-order valence-corrected chi connectivity index (χ0v) is 19.7. The van der Waals surface area contributed by atoms with Crippen molar-refractivity contribution in [2.75, 3.05) is 0 Å². The molecule has 0 aliphatic heterocycles. The van der Waals surface area contributed by atoms with Gasteiger partial charge < -0.3 is 4.74 Å². The average molecular weight is 463 g/mol. The molecule has 4 aromatic carbocycles. The summed E-state index contributed by atoms with van der Waals surface area (Å²) in [7, 11) is 0. The van der Waals surface area contributed by atoms with Crippen LogP contribution in [-0.4, -0.2) is 0 Å². The Hall–Kier alpha value is -3.40. The summed E-state index contributed by atoms with van der Waals surface area (Å²) in [5.74, 6) is 1.93. The van der Waals surface area contributed by atoms with Crippen LogP contribution in [0.25, 0.3) is 21.5 Å². The van der Waals surface area contributed by atoms with Crippen LogP contribution in [0, 0.1) is 0 Å². The fraction of sp³-hybridized carbons (Fsp3) is 0.0667. The summed E-state index contributed by atoms with van der Waals surface area (Å²) in [5, 5.41) is 8.98. The molecule has 6 rings (SSSR count). The number of rotatable bonds is 6. The van der Waals surface area contributed by atoms with Crippen molar-refractivity contribution < 1.29 is 4.74 Å². The van der Waals surface area contributed by atoms with Crippen LogP contribution >= 0.6 is 22.7 Å². The van der Waals surface area contributed by atoms with Crippen LogP contribution in [0.3, 0.4) is 0 Å². The number of fused-ring (bicyclic) bond motifs is 2. The Labute approximate surface area is 201 Å². The molecule has 0 amide bonds. The van der Waals surface area contributed by atoms with Gasteiger partial charge in [0.15, 0.2) is 0 Å². The van der Waals surface area contributed by atoms with Gasteiger partial charge in [0.25, 0.3) is 0 Å². The van der Waals surface area contributed by atoms with E-state index in [2.05, 4.69) is 108 Å². The molecular formula is C30H22OS2. The van der Waals surface area contributed by atoms with Crippen molar-refractivity contribution in [2.24, 2.45) is 0 Å². The molecule has 0 aliphatic carbocycles. The average Bonchev–Trinajstić information content (AvgIpc) is 3.56. The van der Waals surface area contributed by atoms with Gasteiger partial charge in [-0.1, -0.05) is 84.9 Å². The number of ether oxygens (including phenoxy) is 1. The van der Waals surface area contributed by atoms with Gasteiger partial charge in [-0.05, 0) is 33.7 Å². The molecule has 3 heteroatoms. The molecule has 0 saturated heterocycles. The maximum absolute atomic E-state index is 6.97. The quantitative estimate of drug-likeness (QED) is 0.240. The predicted octanol–water partition coefficient (Wildman–Crippen LogP) is 9.09. The maximum Gasteiger partial charge on any atom is 0.138 e. The first-order valence-corrected chi connectivity index (χ1v) is 12.8. The molecule has 2 aromatic heterocycles. The molecule has 0 radical (unpaired) electrons. The number of thiophene rings is 2. The molecule has 0 bridgehead atoms. The van der Waals surface area contributed by atoms with Gasteiger partial charge in [-0.2, -0.15) is 0 Å². The third-order valence-corrected chi connectivity index (χ3v) is 7.77. The Morgan fingerprint density at radius 2 is 0.970 bits per heavy atom. The summed E-state index contributed by atoms with van der Waals surface area (Å²) in [6, 6.07) is 34.5. The molecule has 0 unspecified atom stereocenters. The van der Waals surface area contributed by atoms with E-state index >= 15 is 0 Å². The SMILES string of the molecule is c1csc(Cc2ccc3ccccc3c2Oc2c(Cc3cccs3)ccc3ccccc23)c1. The Morgan fingerprint density at radius 1 is 0.485 bits per heavy atom. The second-order valence-corrected chi connectivity index (χ2v) is 10.2. The molecule has 160 valence electrons. The summed E-state index contributed by atoms with van der Waals surface area (Å²) >= 11 is 3.58. The molecule has 2 heterocycles. The molecule has 0 fully saturated rings. The lowest BCUT2D eigenvalue weighted by Crippen LogP contribution is -1.98. The summed E-state index contributed by atoms with van der Waals surface area (Å²) in [5.41, 5.74) is 2.43. The molecule has 1 nitrogen and oxygen atoms in total. The molecule has 0 aliphatic rings. The van der Waals surface area contributed by atoms with Gasteiger partial charge in [-0.15, -0.1) is 22.7 Å². The number of hydrogen-bond acceptors (Lipinski definition) is 3. The molecule has 0 spiro atoms.